The fraction of sp³-hybridized carbons (Fsp3) is 0.444. The van der Waals surface area contributed by atoms with Gasteiger partial charge in [-0.2, -0.15) is 5.10 Å². The van der Waals surface area contributed by atoms with Gasteiger partial charge in [-0.25, -0.2) is 0 Å². The van der Waals surface area contributed by atoms with Crippen molar-refractivity contribution in [1.29, 1.82) is 0 Å². The van der Waals surface area contributed by atoms with Gasteiger partial charge in [0.05, 0.1) is 11.7 Å². The highest BCUT2D eigenvalue weighted by molar-refractivity contribution is 5.59. The third-order valence-electron chi connectivity index (χ3n) is 7.58. The molecule has 3 fully saturated rings. The first kappa shape index (κ1) is 20.0. The van der Waals surface area contributed by atoms with Crippen molar-refractivity contribution in [2.24, 2.45) is 0 Å². The monoisotopic (exact) mass is 428 g/mol. The Kier molecular flexibility index (Phi) is 5.45. The van der Waals surface area contributed by atoms with Crippen molar-refractivity contribution in [3.63, 3.8) is 0 Å². The van der Waals surface area contributed by atoms with E-state index >= 15 is 0 Å². The van der Waals surface area contributed by atoms with Crippen molar-refractivity contribution in [1.82, 2.24) is 20.0 Å². The number of fused-ring (bicyclic) bond motifs is 2. The Hall–Kier alpha value is -2.63. The van der Waals surface area contributed by atoms with Gasteiger partial charge in [-0.3, -0.25) is 4.68 Å². The van der Waals surface area contributed by atoms with Crippen LogP contribution in [0.5, 0.6) is 11.5 Å². The van der Waals surface area contributed by atoms with Crippen LogP contribution in [0, 0.1) is 0 Å². The summed E-state index contributed by atoms with van der Waals surface area (Å²) in [6.07, 6.45) is 10.0. The summed E-state index contributed by atoms with van der Waals surface area (Å²) in [4.78, 5) is 2.76. The van der Waals surface area contributed by atoms with Crippen molar-refractivity contribution in [3.8, 4) is 22.8 Å². The number of hydrogen-bond acceptors (Lipinski definition) is 4. The zero-order chi connectivity index (χ0) is 21.3. The zero-order valence-electron chi connectivity index (χ0n) is 18.6. The normalized spacial score (nSPS) is 26.3. The quantitative estimate of drug-likeness (QED) is 0.602. The second kappa shape index (κ2) is 8.72. The number of hydrogen-bond donors (Lipinski definition) is 1. The second-order valence-electron chi connectivity index (χ2n) is 9.65. The fourth-order valence-electron chi connectivity index (χ4n) is 5.85. The van der Waals surface area contributed by atoms with E-state index in [4.69, 9.17) is 9.84 Å². The molecule has 5 nitrogen and oxygen atoms in total. The molecule has 0 amide bonds. The molecule has 3 aliphatic heterocycles. The maximum Gasteiger partial charge on any atom is 0.127 e. The van der Waals surface area contributed by atoms with Crippen molar-refractivity contribution in [3.05, 3.63) is 66.9 Å². The van der Waals surface area contributed by atoms with Gasteiger partial charge in [-0.15, -0.1) is 0 Å². The number of ether oxygens (including phenoxy) is 1. The molecule has 0 aliphatic carbocycles. The highest BCUT2D eigenvalue weighted by Gasteiger charge is 2.37. The highest BCUT2D eigenvalue weighted by Crippen LogP contribution is 2.33. The fourth-order valence-corrected chi connectivity index (χ4v) is 5.85. The van der Waals surface area contributed by atoms with Crippen molar-refractivity contribution < 1.29 is 4.74 Å². The van der Waals surface area contributed by atoms with Crippen molar-refractivity contribution >= 4 is 0 Å². The number of piperidine rings is 2. The number of benzene rings is 2. The molecule has 0 spiro atoms. The van der Waals surface area contributed by atoms with Crippen LogP contribution >= 0.6 is 0 Å². The van der Waals surface area contributed by atoms with E-state index in [1.54, 1.807) is 0 Å². The Balaban J connectivity index is 1.06. The van der Waals surface area contributed by atoms with Gasteiger partial charge in [-0.1, -0.05) is 18.2 Å². The van der Waals surface area contributed by atoms with E-state index in [2.05, 4.69) is 39.3 Å². The summed E-state index contributed by atoms with van der Waals surface area (Å²) in [5, 5.41) is 8.72. The number of likely N-dealkylation sites (tertiary alicyclic amines) is 1. The molecule has 32 heavy (non-hydrogen) atoms. The Morgan fingerprint density at radius 3 is 2.16 bits per heavy atom. The molecular formula is C27H32N4O. The first-order chi connectivity index (χ1) is 15.8. The topological polar surface area (TPSA) is 42.3 Å². The first-order valence-electron chi connectivity index (χ1n) is 12.2. The molecule has 4 heterocycles. The third-order valence-corrected chi connectivity index (χ3v) is 7.58. The molecule has 3 saturated heterocycles. The number of nitrogens with zero attached hydrogens (tertiary/aromatic N) is 3. The predicted octanol–water partition coefficient (Wildman–Crippen LogP) is 5.26. The lowest BCUT2D eigenvalue weighted by Crippen LogP contribution is -2.50. The van der Waals surface area contributed by atoms with E-state index in [0.717, 1.165) is 40.9 Å². The van der Waals surface area contributed by atoms with Crippen LogP contribution in [0.15, 0.2) is 66.9 Å². The van der Waals surface area contributed by atoms with Crippen LogP contribution in [0.1, 0.15) is 44.6 Å². The van der Waals surface area contributed by atoms with Gasteiger partial charge in [0.1, 0.15) is 11.5 Å². The molecule has 2 bridgehead atoms. The van der Waals surface area contributed by atoms with Crippen LogP contribution in [-0.2, 0) is 0 Å². The molecule has 3 aliphatic rings. The summed E-state index contributed by atoms with van der Waals surface area (Å²) in [6, 6.07) is 23.1. The Morgan fingerprint density at radius 1 is 0.750 bits per heavy atom. The molecule has 2 unspecified atom stereocenters. The Labute approximate surface area is 190 Å². The van der Waals surface area contributed by atoms with Gasteiger partial charge in [0.15, 0.2) is 0 Å². The van der Waals surface area contributed by atoms with E-state index in [0.29, 0.717) is 6.04 Å². The molecule has 1 N–H and O–H groups in total. The smallest absolute Gasteiger partial charge is 0.127 e. The first-order valence-corrected chi connectivity index (χ1v) is 12.2. The van der Waals surface area contributed by atoms with E-state index in [1.807, 2.05) is 42.5 Å². The van der Waals surface area contributed by atoms with Gasteiger partial charge in [0.25, 0.3) is 0 Å². The zero-order valence-corrected chi connectivity index (χ0v) is 18.6. The minimum atomic E-state index is 0.513. The lowest BCUT2D eigenvalue weighted by molar-refractivity contribution is 0.0968. The molecular weight excluding hydrogens is 396 g/mol. The largest absolute Gasteiger partial charge is 0.457 e. The van der Waals surface area contributed by atoms with Gasteiger partial charge >= 0.3 is 0 Å². The maximum absolute atomic E-state index is 5.91. The van der Waals surface area contributed by atoms with E-state index in [1.165, 1.54) is 51.6 Å². The van der Waals surface area contributed by atoms with Gasteiger partial charge < -0.3 is 15.0 Å². The molecule has 3 aromatic rings. The van der Waals surface area contributed by atoms with Gasteiger partial charge in [0.2, 0.25) is 0 Å². The van der Waals surface area contributed by atoms with Crippen molar-refractivity contribution in [2.75, 3.05) is 13.1 Å². The lowest BCUT2D eigenvalue weighted by atomic mass is 9.95. The maximum atomic E-state index is 5.91. The molecule has 6 rings (SSSR count). The highest BCUT2D eigenvalue weighted by atomic mass is 16.5. The average molecular weight is 429 g/mol. The van der Waals surface area contributed by atoms with Crippen molar-refractivity contribution in [2.45, 2.75) is 62.7 Å². The van der Waals surface area contributed by atoms with E-state index in [9.17, 15) is 0 Å². The standard InChI is InChI=1S/C27H32N4O/c1-2-4-25(5-3-1)32-26-10-6-20(7-11-26)27-14-17-31(29-27)23-12-15-30(16-13-23)24-18-21-8-9-22(19-24)28-21/h1-7,10-11,14,17,21-24,28H,8-9,12-13,15-16,18-19H2. The third kappa shape index (κ3) is 4.19. The van der Waals surface area contributed by atoms with Crippen LogP contribution in [0.2, 0.25) is 0 Å². The Morgan fingerprint density at radius 2 is 1.44 bits per heavy atom. The molecule has 0 radical (unpaired) electrons. The predicted molar refractivity (Wildman–Crippen MR) is 127 cm³/mol. The Bertz CT molecular complexity index is 1010. The van der Waals surface area contributed by atoms with Crippen LogP contribution < -0.4 is 10.1 Å². The molecule has 2 aromatic carbocycles. The molecule has 1 aromatic heterocycles. The number of rotatable bonds is 5. The molecule has 0 saturated carbocycles. The summed E-state index contributed by atoms with van der Waals surface area (Å²) in [6.45, 7) is 2.41. The molecule has 2 atom stereocenters. The number of nitrogens with one attached hydrogen (secondary N) is 1. The van der Waals surface area contributed by atoms with Crippen LogP contribution in [0.3, 0.4) is 0 Å². The van der Waals surface area contributed by atoms with Gasteiger partial charge in [-0.05, 0) is 81.0 Å². The van der Waals surface area contributed by atoms with Crippen LogP contribution in [0.4, 0.5) is 0 Å². The summed E-state index contributed by atoms with van der Waals surface area (Å²) in [5.41, 5.74) is 2.17. The summed E-state index contributed by atoms with van der Waals surface area (Å²) < 4.78 is 8.11. The number of para-hydroxylation sites is 1. The minimum Gasteiger partial charge on any atom is -0.457 e. The minimum absolute atomic E-state index is 0.513. The summed E-state index contributed by atoms with van der Waals surface area (Å²) in [5.74, 6) is 1.70. The van der Waals surface area contributed by atoms with E-state index < -0.39 is 0 Å². The molecule has 5 heteroatoms. The average Bonchev–Trinajstić information content (AvgIpc) is 3.47. The van der Waals surface area contributed by atoms with Crippen LogP contribution in [-0.4, -0.2) is 45.9 Å². The second-order valence-corrected chi connectivity index (χ2v) is 9.65. The van der Waals surface area contributed by atoms with E-state index in [-0.39, 0.29) is 0 Å². The number of aromatic nitrogens is 2. The van der Waals surface area contributed by atoms with Gasteiger partial charge in [0, 0.05) is 43.0 Å². The van der Waals surface area contributed by atoms with Crippen LogP contribution in [0.25, 0.3) is 11.3 Å². The lowest BCUT2D eigenvalue weighted by Gasteiger charge is -2.41. The summed E-state index contributed by atoms with van der Waals surface area (Å²) in [7, 11) is 0. The SMILES string of the molecule is c1ccc(Oc2ccc(-c3ccn(C4CCN(C5CC6CCC(C5)N6)CC4)n3)cc2)cc1. The molecule has 166 valence electrons. The summed E-state index contributed by atoms with van der Waals surface area (Å²) >= 11 is 0.